The lowest BCUT2D eigenvalue weighted by molar-refractivity contribution is -0.121. The standard InChI is InChI=1S/C22H24N4O3/c1-22(2)19(27)26(21(29)24-22)16-9-6-8-15(13-16)23-20(28)25(3)18-12-11-14-7-4-5-10-17(14)18/h4-10,13,18H,11-12H2,1-3H3,(H,23,28)(H,24,29)/t18-/m0/s1. The molecular formula is C22H24N4O3. The van der Waals surface area contributed by atoms with E-state index in [1.807, 2.05) is 12.1 Å². The molecule has 7 nitrogen and oxygen atoms in total. The molecule has 0 saturated carbocycles. The Morgan fingerprint density at radius 2 is 1.93 bits per heavy atom. The zero-order valence-electron chi connectivity index (χ0n) is 16.7. The Kier molecular flexibility index (Phi) is 4.53. The van der Waals surface area contributed by atoms with Crippen molar-refractivity contribution in [3.8, 4) is 0 Å². The maximum Gasteiger partial charge on any atom is 0.329 e. The lowest BCUT2D eigenvalue weighted by Gasteiger charge is -2.26. The predicted octanol–water partition coefficient (Wildman–Crippen LogP) is 3.67. The molecule has 1 atom stereocenters. The highest BCUT2D eigenvalue weighted by Gasteiger charge is 2.45. The van der Waals surface area contributed by atoms with Crippen LogP contribution in [-0.4, -0.2) is 35.5 Å². The first-order chi connectivity index (χ1) is 13.8. The molecule has 150 valence electrons. The molecule has 0 bridgehead atoms. The summed E-state index contributed by atoms with van der Waals surface area (Å²) >= 11 is 0. The summed E-state index contributed by atoms with van der Waals surface area (Å²) in [5.74, 6) is -0.328. The molecule has 4 rings (SSSR count). The maximum absolute atomic E-state index is 12.8. The maximum atomic E-state index is 12.8. The number of anilines is 2. The minimum atomic E-state index is -0.952. The summed E-state index contributed by atoms with van der Waals surface area (Å²) in [7, 11) is 1.78. The molecule has 5 amide bonds. The summed E-state index contributed by atoms with van der Waals surface area (Å²) in [5.41, 5.74) is 2.45. The predicted molar refractivity (Wildman–Crippen MR) is 111 cm³/mol. The molecule has 0 radical (unpaired) electrons. The van der Waals surface area contributed by atoms with Crippen LogP contribution >= 0.6 is 0 Å². The van der Waals surface area contributed by atoms with Crippen molar-refractivity contribution in [2.75, 3.05) is 17.3 Å². The van der Waals surface area contributed by atoms with Crippen LogP contribution in [0.1, 0.15) is 37.4 Å². The van der Waals surface area contributed by atoms with Crippen LogP contribution in [0.4, 0.5) is 21.0 Å². The van der Waals surface area contributed by atoms with E-state index in [2.05, 4.69) is 22.8 Å². The van der Waals surface area contributed by atoms with Crippen molar-refractivity contribution in [3.63, 3.8) is 0 Å². The molecule has 1 aliphatic heterocycles. The molecule has 1 saturated heterocycles. The van der Waals surface area contributed by atoms with Gasteiger partial charge in [-0.15, -0.1) is 0 Å². The molecule has 29 heavy (non-hydrogen) atoms. The number of hydrogen-bond donors (Lipinski definition) is 2. The first-order valence-electron chi connectivity index (χ1n) is 9.66. The minimum absolute atomic E-state index is 0.0288. The van der Waals surface area contributed by atoms with Gasteiger partial charge in [0, 0.05) is 12.7 Å². The average molecular weight is 392 g/mol. The van der Waals surface area contributed by atoms with Gasteiger partial charge in [0.25, 0.3) is 5.91 Å². The number of fused-ring (bicyclic) bond motifs is 1. The largest absolute Gasteiger partial charge is 0.329 e. The lowest BCUT2D eigenvalue weighted by atomic mass is 10.1. The fourth-order valence-corrected chi connectivity index (χ4v) is 4.00. The van der Waals surface area contributed by atoms with Gasteiger partial charge in [0.2, 0.25) is 0 Å². The van der Waals surface area contributed by atoms with Gasteiger partial charge in [-0.2, -0.15) is 0 Å². The Bertz CT molecular complexity index is 1000. The summed E-state index contributed by atoms with van der Waals surface area (Å²) in [5, 5.41) is 5.54. The van der Waals surface area contributed by atoms with Crippen LogP contribution in [0.25, 0.3) is 0 Å². The van der Waals surface area contributed by atoms with Crippen molar-refractivity contribution in [3.05, 3.63) is 59.7 Å². The normalized spacial score (nSPS) is 19.7. The molecule has 2 aromatic rings. The average Bonchev–Trinajstić information content (AvgIpc) is 3.19. The second-order valence-corrected chi connectivity index (χ2v) is 8.04. The Labute approximate surface area is 169 Å². The van der Waals surface area contributed by atoms with Crippen molar-refractivity contribution in [2.24, 2.45) is 0 Å². The van der Waals surface area contributed by atoms with E-state index in [9.17, 15) is 14.4 Å². The third-order valence-electron chi connectivity index (χ3n) is 5.60. The van der Waals surface area contributed by atoms with Crippen LogP contribution in [-0.2, 0) is 11.2 Å². The summed E-state index contributed by atoms with van der Waals surface area (Å²) in [6, 6.07) is 14.3. The summed E-state index contributed by atoms with van der Waals surface area (Å²) < 4.78 is 0. The van der Waals surface area contributed by atoms with Gasteiger partial charge in [-0.1, -0.05) is 30.3 Å². The second kappa shape index (κ2) is 6.92. The Morgan fingerprint density at radius 3 is 2.66 bits per heavy atom. The van der Waals surface area contributed by atoms with Gasteiger partial charge in [-0.25, -0.2) is 14.5 Å². The molecule has 1 heterocycles. The molecule has 0 spiro atoms. The van der Waals surface area contributed by atoms with Crippen LogP contribution in [0.3, 0.4) is 0 Å². The van der Waals surface area contributed by atoms with E-state index in [4.69, 9.17) is 0 Å². The van der Waals surface area contributed by atoms with Gasteiger partial charge in [0.1, 0.15) is 5.54 Å². The number of amides is 5. The number of benzene rings is 2. The molecule has 2 aliphatic rings. The zero-order valence-corrected chi connectivity index (χ0v) is 16.7. The molecule has 1 fully saturated rings. The van der Waals surface area contributed by atoms with Crippen molar-refractivity contribution < 1.29 is 14.4 Å². The van der Waals surface area contributed by atoms with Crippen molar-refractivity contribution in [1.29, 1.82) is 0 Å². The molecule has 2 aromatic carbocycles. The number of nitrogens with zero attached hydrogens (tertiary/aromatic N) is 2. The number of carbonyl (C=O) groups is 3. The fraction of sp³-hybridized carbons (Fsp3) is 0.318. The van der Waals surface area contributed by atoms with Gasteiger partial charge < -0.3 is 15.5 Å². The number of rotatable bonds is 3. The Balaban J connectivity index is 1.51. The first kappa shape index (κ1) is 19.0. The van der Waals surface area contributed by atoms with E-state index >= 15 is 0 Å². The highest BCUT2D eigenvalue weighted by molar-refractivity contribution is 6.23. The SMILES string of the molecule is CN(C(=O)Nc1cccc(N2C(=O)NC(C)(C)C2=O)c1)[C@H]1CCc2ccccc21. The van der Waals surface area contributed by atoms with E-state index in [0.29, 0.717) is 11.4 Å². The third-order valence-corrected chi connectivity index (χ3v) is 5.60. The highest BCUT2D eigenvalue weighted by Crippen LogP contribution is 2.35. The van der Waals surface area contributed by atoms with Gasteiger partial charge in [0.15, 0.2) is 0 Å². The fourth-order valence-electron chi connectivity index (χ4n) is 4.00. The van der Waals surface area contributed by atoms with E-state index < -0.39 is 11.6 Å². The molecular weight excluding hydrogens is 368 g/mol. The quantitative estimate of drug-likeness (QED) is 0.782. The lowest BCUT2D eigenvalue weighted by Crippen LogP contribution is -2.40. The Morgan fingerprint density at radius 1 is 1.17 bits per heavy atom. The highest BCUT2D eigenvalue weighted by atomic mass is 16.2. The number of carbonyl (C=O) groups excluding carboxylic acids is 3. The van der Waals surface area contributed by atoms with E-state index in [0.717, 1.165) is 17.7 Å². The monoisotopic (exact) mass is 392 g/mol. The number of imide groups is 1. The number of hydrogen-bond acceptors (Lipinski definition) is 3. The van der Waals surface area contributed by atoms with E-state index in [-0.39, 0.29) is 18.0 Å². The third kappa shape index (κ3) is 3.33. The smallest absolute Gasteiger partial charge is 0.323 e. The summed E-state index contributed by atoms with van der Waals surface area (Å²) in [4.78, 5) is 40.4. The van der Waals surface area contributed by atoms with Crippen molar-refractivity contribution in [2.45, 2.75) is 38.3 Å². The van der Waals surface area contributed by atoms with Crippen LogP contribution in [0.15, 0.2) is 48.5 Å². The van der Waals surface area contributed by atoms with Gasteiger partial charge in [-0.05, 0) is 56.0 Å². The summed E-state index contributed by atoms with van der Waals surface area (Å²) in [6.45, 7) is 3.32. The van der Waals surface area contributed by atoms with E-state index in [1.54, 1.807) is 50.1 Å². The second-order valence-electron chi connectivity index (χ2n) is 8.04. The number of aryl methyl sites for hydroxylation is 1. The zero-order chi connectivity index (χ0) is 20.8. The molecule has 0 unspecified atom stereocenters. The van der Waals surface area contributed by atoms with Crippen LogP contribution in [0.5, 0.6) is 0 Å². The minimum Gasteiger partial charge on any atom is -0.323 e. The molecule has 1 aliphatic carbocycles. The topological polar surface area (TPSA) is 81.8 Å². The van der Waals surface area contributed by atoms with Gasteiger partial charge >= 0.3 is 12.1 Å². The van der Waals surface area contributed by atoms with Gasteiger partial charge in [0.05, 0.1) is 11.7 Å². The van der Waals surface area contributed by atoms with Gasteiger partial charge in [-0.3, -0.25) is 4.79 Å². The van der Waals surface area contributed by atoms with E-state index in [1.165, 1.54) is 11.1 Å². The van der Waals surface area contributed by atoms with Crippen molar-refractivity contribution in [1.82, 2.24) is 10.2 Å². The molecule has 2 N–H and O–H groups in total. The molecule has 0 aromatic heterocycles. The Hall–Kier alpha value is -3.35. The first-order valence-corrected chi connectivity index (χ1v) is 9.66. The number of nitrogens with one attached hydrogen (secondary N) is 2. The van der Waals surface area contributed by atoms with Crippen LogP contribution < -0.4 is 15.5 Å². The molecule has 7 heteroatoms. The van der Waals surface area contributed by atoms with Crippen molar-refractivity contribution >= 4 is 29.3 Å². The number of urea groups is 2. The summed E-state index contributed by atoms with van der Waals surface area (Å²) in [6.07, 6.45) is 1.84. The van der Waals surface area contributed by atoms with Crippen LogP contribution in [0, 0.1) is 0 Å². The van der Waals surface area contributed by atoms with Crippen LogP contribution in [0.2, 0.25) is 0 Å².